The van der Waals surface area contributed by atoms with Crippen LogP contribution in [0.3, 0.4) is 0 Å². The van der Waals surface area contributed by atoms with Crippen LogP contribution in [0.1, 0.15) is 0 Å². The van der Waals surface area contributed by atoms with Gasteiger partial charge in [0.25, 0.3) is 0 Å². The molecule has 26 rings (SSSR count). The molecule has 26 aromatic rings. The van der Waals surface area contributed by atoms with E-state index >= 15 is 0 Å². The third kappa shape index (κ3) is 18.8. The maximum absolute atomic E-state index is 5.26. The predicted octanol–water partition coefficient (Wildman–Crippen LogP) is 32.4. The molecular weight excluding hydrogens is 1780 g/mol. The van der Waals surface area contributed by atoms with Crippen molar-refractivity contribution >= 4 is 53.9 Å². The van der Waals surface area contributed by atoms with Crippen LogP contribution >= 0.6 is 0 Å². The number of aromatic nitrogens is 14. The molecule has 8 aromatic heterocycles. The van der Waals surface area contributed by atoms with Crippen LogP contribution in [0.5, 0.6) is 0 Å². The maximum Gasteiger partial charge on any atom is 0.164 e. The molecule has 0 atom stereocenters. The minimum atomic E-state index is 0.619. The standard InChI is InChI=1S/C50H32N4.2C41H27N5/c1-3-17-35(18-4-1)46-31-37(32-47(51-46)36-19-5-2-6-20-36)40-29-30-45(42-26-12-11-25-41(40)42)50-53-48(43-27-13-21-33-15-7-9-23-38(33)43)52-49(54-50)44-28-14-22-34-16-8-10-24-39(34)44;1-5-15-28(16-6-1)36-27-37(43-38(42-36)29-17-7-2-8-18-29)34-25-26-35(33-24-14-13-23-32(33)34)41-45-39(30-19-9-3-10-20-30)44-40(46-41)31-21-11-4-12-22-31;1-3-11-28(12-4-1)37-27-38(29-13-5-2-6-14-29)46-41(45-37)33-20-19-30-23-32(18-17-31(30)24-33)34-25-39(35-15-7-9-21-42-35)44-40(26-34)36-16-8-10-22-43-36/h1-32H;2*1-27H. The Morgan fingerprint density at radius 3 is 0.774 bits per heavy atom. The van der Waals surface area contributed by atoms with E-state index in [9.17, 15) is 0 Å². The van der Waals surface area contributed by atoms with Crippen molar-refractivity contribution in [1.82, 2.24) is 69.8 Å². The third-order valence-corrected chi connectivity index (χ3v) is 26.1. The molecule has 0 unspecified atom stereocenters. The highest BCUT2D eigenvalue weighted by atomic mass is 15.0. The Kier molecular flexibility index (Phi) is 24.6. The largest absolute Gasteiger partial charge is 0.255 e. The monoisotopic (exact) mass is 1870 g/mol. The third-order valence-electron chi connectivity index (χ3n) is 26.1. The molecule has 14 nitrogen and oxygen atoms in total. The van der Waals surface area contributed by atoms with Crippen LogP contribution in [0.25, 0.3) is 258 Å². The summed E-state index contributed by atoms with van der Waals surface area (Å²) in [4.78, 5) is 69.9. The van der Waals surface area contributed by atoms with Crippen molar-refractivity contribution in [2.45, 2.75) is 0 Å². The van der Waals surface area contributed by atoms with E-state index in [1.54, 1.807) is 12.4 Å². The molecule has 0 bridgehead atoms. The van der Waals surface area contributed by atoms with Crippen LogP contribution < -0.4 is 0 Å². The molecule has 0 amide bonds. The number of fused-ring (bicyclic) bond motifs is 5. The summed E-state index contributed by atoms with van der Waals surface area (Å²) in [7, 11) is 0. The van der Waals surface area contributed by atoms with Crippen molar-refractivity contribution in [3.8, 4) is 204 Å². The fourth-order valence-corrected chi connectivity index (χ4v) is 18.9. The van der Waals surface area contributed by atoms with Gasteiger partial charge in [0.2, 0.25) is 0 Å². The Balaban J connectivity index is 0.000000118. The molecule has 0 spiro atoms. The van der Waals surface area contributed by atoms with Gasteiger partial charge < -0.3 is 0 Å². The van der Waals surface area contributed by atoms with Gasteiger partial charge in [-0.3, -0.25) is 9.97 Å². The van der Waals surface area contributed by atoms with Crippen LogP contribution in [0, 0.1) is 0 Å². The number of nitrogens with zero attached hydrogens (tertiary/aromatic N) is 14. The minimum Gasteiger partial charge on any atom is -0.255 e. The lowest BCUT2D eigenvalue weighted by atomic mass is 9.93. The average Bonchev–Trinajstić information content (AvgIpc) is 0.754. The van der Waals surface area contributed by atoms with Crippen molar-refractivity contribution < 1.29 is 0 Å². The lowest BCUT2D eigenvalue weighted by Gasteiger charge is -2.15. The second-order valence-corrected chi connectivity index (χ2v) is 35.4. The Morgan fingerprint density at radius 2 is 0.370 bits per heavy atom. The van der Waals surface area contributed by atoms with Crippen molar-refractivity contribution in [3.05, 3.63) is 522 Å². The first-order chi connectivity index (χ1) is 72.3. The molecule has 0 radical (unpaired) electrons. The summed E-state index contributed by atoms with van der Waals surface area (Å²) in [5.74, 6) is 5.17. The van der Waals surface area contributed by atoms with Crippen molar-refractivity contribution in [1.29, 1.82) is 0 Å². The van der Waals surface area contributed by atoms with Gasteiger partial charge >= 0.3 is 0 Å². The number of benzene rings is 18. The van der Waals surface area contributed by atoms with E-state index in [-0.39, 0.29) is 0 Å². The molecule has 0 aliphatic heterocycles. The highest BCUT2D eigenvalue weighted by molar-refractivity contribution is 6.07. The Hall–Kier alpha value is -20.0. The average molecular weight is 1870 g/mol. The summed E-state index contributed by atoms with van der Waals surface area (Å²) in [5.41, 5.74) is 26.9. The lowest BCUT2D eigenvalue weighted by Crippen LogP contribution is -2.01. The summed E-state index contributed by atoms with van der Waals surface area (Å²) in [6, 6.07) is 174. The zero-order chi connectivity index (χ0) is 97.3. The summed E-state index contributed by atoms with van der Waals surface area (Å²) in [5, 5.41) is 11.0. The topological polar surface area (TPSA) is 180 Å². The molecular formula is C132H86N14. The molecule has 0 aliphatic carbocycles. The summed E-state index contributed by atoms with van der Waals surface area (Å²) in [6.45, 7) is 0. The zero-order valence-electron chi connectivity index (χ0n) is 78.9. The zero-order valence-corrected chi connectivity index (χ0v) is 78.9. The minimum absolute atomic E-state index is 0.619. The van der Waals surface area contributed by atoms with Crippen molar-refractivity contribution in [2.24, 2.45) is 0 Å². The second-order valence-electron chi connectivity index (χ2n) is 35.4. The summed E-state index contributed by atoms with van der Waals surface area (Å²) < 4.78 is 0. The van der Waals surface area contributed by atoms with Crippen LogP contribution in [0.2, 0.25) is 0 Å². The van der Waals surface area contributed by atoms with E-state index in [4.69, 9.17) is 59.8 Å². The van der Waals surface area contributed by atoms with Gasteiger partial charge in [0.1, 0.15) is 0 Å². The number of rotatable bonds is 18. The van der Waals surface area contributed by atoms with E-state index in [0.29, 0.717) is 46.6 Å². The molecule has 18 aromatic carbocycles. The van der Waals surface area contributed by atoms with Gasteiger partial charge in [0.15, 0.2) is 46.6 Å². The summed E-state index contributed by atoms with van der Waals surface area (Å²) >= 11 is 0. The van der Waals surface area contributed by atoms with Gasteiger partial charge in [-0.15, -0.1) is 0 Å². The number of hydrogen-bond acceptors (Lipinski definition) is 14. The first-order valence-electron chi connectivity index (χ1n) is 48.5. The van der Waals surface area contributed by atoms with Crippen LogP contribution in [0.15, 0.2) is 522 Å². The van der Waals surface area contributed by atoms with Gasteiger partial charge in [-0.25, -0.2) is 59.8 Å². The first kappa shape index (κ1) is 88.7. The molecule has 14 heteroatoms. The quantitative estimate of drug-likeness (QED) is 0.0791. The molecule has 8 heterocycles. The second kappa shape index (κ2) is 40.5. The van der Waals surface area contributed by atoms with E-state index in [1.165, 1.54) is 0 Å². The highest BCUT2D eigenvalue weighted by Gasteiger charge is 2.24. The SMILES string of the molecule is c1ccc(-c2cc(-c3ccc(-c4nc(-c5cccc6ccccc56)nc(-c5cccc6ccccc56)n4)c4ccccc34)cc(-c3ccccc3)n2)cc1.c1ccc(-c2cc(-c3ccc(-c4nc(-c5ccccc5)nc(-c5ccccc5)n4)c4ccccc34)nc(-c3ccccc3)n2)cc1.c1ccc(-c2cc(-c3ccccc3)nc(-c3ccc4cc(-c5cc(-c6ccccn6)nc(-c6ccccn6)c5)ccc4c3)n2)cc1. The Bertz CT molecular complexity index is 8540. The molecule has 0 saturated heterocycles. The maximum atomic E-state index is 5.26. The molecule has 0 aliphatic rings. The van der Waals surface area contributed by atoms with Crippen molar-refractivity contribution in [2.75, 3.05) is 0 Å². The fraction of sp³-hybridized carbons (Fsp3) is 0. The molecule has 0 saturated carbocycles. The van der Waals surface area contributed by atoms with Crippen molar-refractivity contribution in [3.63, 3.8) is 0 Å². The fourth-order valence-electron chi connectivity index (χ4n) is 18.9. The normalized spacial score (nSPS) is 11.2. The Labute approximate surface area is 843 Å². The predicted molar refractivity (Wildman–Crippen MR) is 594 cm³/mol. The van der Waals surface area contributed by atoms with E-state index < -0.39 is 0 Å². The lowest BCUT2D eigenvalue weighted by molar-refractivity contribution is 1.08. The van der Waals surface area contributed by atoms with E-state index in [1.807, 2.05) is 194 Å². The van der Waals surface area contributed by atoms with Gasteiger partial charge in [-0.05, 0) is 161 Å². The molecule has 684 valence electrons. The number of pyridine rings is 4. The molecule has 0 fully saturated rings. The smallest absolute Gasteiger partial charge is 0.164 e. The highest BCUT2D eigenvalue weighted by Crippen LogP contribution is 2.44. The molecule has 0 N–H and O–H groups in total. The van der Waals surface area contributed by atoms with E-state index in [0.717, 1.165) is 211 Å². The summed E-state index contributed by atoms with van der Waals surface area (Å²) in [6.07, 6.45) is 3.58. The molecule has 146 heavy (non-hydrogen) atoms. The Morgan fingerprint density at radius 1 is 0.103 bits per heavy atom. The van der Waals surface area contributed by atoms with Crippen LogP contribution in [-0.2, 0) is 0 Å². The van der Waals surface area contributed by atoms with Crippen LogP contribution in [0.4, 0.5) is 0 Å². The van der Waals surface area contributed by atoms with E-state index in [2.05, 4.69) is 325 Å². The number of hydrogen-bond donors (Lipinski definition) is 0. The van der Waals surface area contributed by atoms with Gasteiger partial charge in [-0.2, -0.15) is 0 Å². The van der Waals surface area contributed by atoms with Gasteiger partial charge in [0, 0.05) is 90.3 Å². The van der Waals surface area contributed by atoms with Gasteiger partial charge in [0.05, 0.1) is 56.9 Å². The van der Waals surface area contributed by atoms with Crippen LogP contribution in [-0.4, -0.2) is 69.8 Å². The van der Waals surface area contributed by atoms with Gasteiger partial charge in [-0.1, -0.05) is 425 Å². The first-order valence-corrected chi connectivity index (χ1v) is 48.5.